The molecule has 10 heteroatoms. The van der Waals surface area contributed by atoms with E-state index in [9.17, 15) is 9.59 Å². The Kier molecular flexibility index (Phi) is 5.60. The van der Waals surface area contributed by atoms with E-state index in [0.717, 1.165) is 10.8 Å². The molecule has 0 aliphatic carbocycles. The van der Waals surface area contributed by atoms with Crippen molar-refractivity contribution in [2.45, 2.75) is 4.34 Å². The molecule has 140 valence electrons. The summed E-state index contributed by atoms with van der Waals surface area (Å²) in [4.78, 5) is 28.3. The average molecular weight is 428 g/mol. The molecule has 0 radical (unpaired) electrons. The van der Waals surface area contributed by atoms with Crippen LogP contribution in [0.5, 0.6) is 0 Å². The van der Waals surface area contributed by atoms with E-state index in [1.54, 1.807) is 17.6 Å². The van der Waals surface area contributed by atoms with E-state index in [0.29, 0.717) is 20.2 Å². The smallest absolute Gasteiger partial charge is 0.257 e. The Morgan fingerprint density at radius 3 is 2.68 bits per heavy atom. The third kappa shape index (κ3) is 4.53. The summed E-state index contributed by atoms with van der Waals surface area (Å²) in [5, 5.41) is 18.2. The number of hydrogen-bond donors (Lipinski definition) is 2. The van der Waals surface area contributed by atoms with Crippen LogP contribution in [0.15, 0.2) is 58.4 Å². The molecule has 0 saturated carbocycles. The lowest BCUT2D eigenvalue weighted by Gasteiger charge is -2.03. The normalized spacial score (nSPS) is 10.7. The standard InChI is InChI=1S/C18H13N5O2S3/c24-14(20-16-19-7-8-26-16)10-27-18-23-22-17(28-18)21-15(25)13-6-5-11-3-1-2-4-12(11)9-13/h1-9H,10H2,(H,19,20,24)(H,21,22,25). The second-order valence-electron chi connectivity index (χ2n) is 5.56. The van der Waals surface area contributed by atoms with Crippen LogP contribution >= 0.6 is 34.4 Å². The molecule has 0 atom stereocenters. The zero-order valence-electron chi connectivity index (χ0n) is 14.3. The SMILES string of the molecule is O=C(CSc1nnc(NC(=O)c2ccc3ccccc3c2)s1)Nc1nccs1. The topological polar surface area (TPSA) is 96.9 Å². The summed E-state index contributed by atoms with van der Waals surface area (Å²) in [6, 6.07) is 13.4. The van der Waals surface area contributed by atoms with Gasteiger partial charge in [-0.25, -0.2) is 4.98 Å². The number of nitrogens with zero attached hydrogens (tertiary/aromatic N) is 3. The van der Waals surface area contributed by atoms with Gasteiger partial charge >= 0.3 is 0 Å². The summed E-state index contributed by atoms with van der Waals surface area (Å²) in [6.07, 6.45) is 1.63. The molecule has 0 unspecified atom stereocenters. The van der Waals surface area contributed by atoms with Crippen LogP contribution < -0.4 is 10.6 Å². The van der Waals surface area contributed by atoms with E-state index in [2.05, 4.69) is 25.8 Å². The summed E-state index contributed by atoms with van der Waals surface area (Å²) in [7, 11) is 0. The van der Waals surface area contributed by atoms with Gasteiger partial charge in [0.2, 0.25) is 11.0 Å². The highest BCUT2D eigenvalue weighted by atomic mass is 32.2. The minimum absolute atomic E-state index is 0.170. The van der Waals surface area contributed by atoms with Crippen molar-refractivity contribution in [1.82, 2.24) is 15.2 Å². The van der Waals surface area contributed by atoms with Crippen LogP contribution in [0.4, 0.5) is 10.3 Å². The Hall–Kier alpha value is -2.82. The van der Waals surface area contributed by atoms with Crippen LogP contribution in [0.3, 0.4) is 0 Å². The Bertz CT molecular complexity index is 1130. The Balaban J connectivity index is 1.34. The van der Waals surface area contributed by atoms with Gasteiger partial charge in [-0.2, -0.15) is 0 Å². The molecule has 0 aliphatic rings. The van der Waals surface area contributed by atoms with Gasteiger partial charge in [-0.3, -0.25) is 14.9 Å². The van der Waals surface area contributed by atoms with Crippen LogP contribution in [0.2, 0.25) is 0 Å². The van der Waals surface area contributed by atoms with E-state index >= 15 is 0 Å². The van der Waals surface area contributed by atoms with Gasteiger partial charge in [0, 0.05) is 17.1 Å². The first kappa shape index (κ1) is 18.5. The number of anilines is 2. The van der Waals surface area contributed by atoms with Gasteiger partial charge in [-0.05, 0) is 22.9 Å². The molecular formula is C18H13N5O2S3. The fraction of sp³-hybridized carbons (Fsp3) is 0.0556. The van der Waals surface area contributed by atoms with Gasteiger partial charge in [0.15, 0.2) is 9.47 Å². The molecule has 2 aromatic carbocycles. The molecule has 0 saturated heterocycles. The van der Waals surface area contributed by atoms with Gasteiger partial charge in [0.1, 0.15) is 0 Å². The molecule has 2 N–H and O–H groups in total. The molecule has 4 rings (SSSR count). The number of fused-ring (bicyclic) bond motifs is 1. The molecule has 0 spiro atoms. The third-order valence-electron chi connectivity index (χ3n) is 3.64. The van der Waals surface area contributed by atoms with E-state index < -0.39 is 0 Å². The van der Waals surface area contributed by atoms with Crippen LogP contribution in [-0.2, 0) is 4.79 Å². The molecule has 0 bridgehead atoms. The first-order chi connectivity index (χ1) is 13.7. The number of amides is 2. The maximum atomic E-state index is 12.5. The molecule has 0 fully saturated rings. The van der Waals surface area contributed by atoms with Crippen molar-refractivity contribution < 1.29 is 9.59 Å². The lowest BCUT2D eigenvalue weighted by atomic mass is 10.1. The van der Waals surface area contributed by atoms with Crippen molar-refractivity contribution in [2.24, 2.45) is 0 Å². The second-order valence-corrected chi connectivity index (χ2v) is 8.66. The third-order valence-corrected chi connectivity index (χ3v) is 6.30. The molecule has 4 aromatic rings. The zero-order valence-corrected chi connectivity index (χ0v) is 16.7. The van der Waals surface area contributed by atoms with Gasteiger partial charge < -0.3 is 5.32 Å². The van der Waals surface area contributed by atoms with E-state index in [1.807, 2.05) is 36.4 Å². The zero-order chi connectivity index (χ0) is 19.3. The molecule has 2 aromatic heterocycles. The number of nitrogens with one attached hydrogen (secondary N) is 2. The monoisotopic (exact) mass is 427 g/mol. The summed E-state index contributed by atoms with van der Waals surface area (Å²) < 4.78 is 0.600. The van der Waals surface area contributed by atoms with Crippen LogP contribution in [0.1, 0.15) is 10.4 Å². The van der Waals surface area contributed by atoms with Gasteiger partial charge in [0.25, 0.3) is 5.91 Å². The van der Waals surface area contributed by atoms with Crippen molar-refractivity contribution in [1.29, 1.82) is 0 Å². The lowest BCUT2D eigenvalue weighted by Crippen LogP contribution is -2.13. The first-order valence-corrected chi connectivity index (χ1v) is 10.8. The number of benzene rings is 2. The first-order valence-electron chi connectivity index (χ1n) is 8.13. The fourth-order valence-electron chi connectivity index (χ4n) is 2.39. The number of thioether (sulfide) groups is 1. The molecule has 2 heterocycles. The van der Waals surface area contributed by atoms with Gasteiger partial charge in [0.05, 0.1) is 5.75 Å². The number of aromatic nitrogens is 3. The molecule has 28 heavy (non-hydrogen) atoms. The Morgan fingerprint density at radius 1 is 1.00 bits per heavy atom. The van der Waals surface area contributed by atoms with E-state index in [4.69, 9.17) is 0 Å². The second kappa shape index (κ2) is 8.46. The predicted molar refractivity (Wildman–Crippen MR) is 113 cm³/mol. The number of thiazole rings is 1. The van der Waals surface area contributed by atoms with Crippen molar-refractivity contribution in [3.8, 4) is 0 Å². The van der Waals surface area contributed by atoms with Crippen molar-refractivity contribution in [3.63, 3.8) is 0 Å². The van der Waals surface area contributed by atoms with Crippen molar-refractivity contribution in [2.75, 3.05) is 16.4 Å². The summed E-state index contributed by atoms with van der Waals surface area (Å²) in [6.45, 7) is 0. The van der Waals surface area contributed by atoms with Crippen molar-refractivity contribution >= 4 is 67.3 Å². The number of carbonyl (C=O) groups is 2. The highest BCUT2D eigenvalue weighted by Gasteiger charge is 2.12. The fourth-order valence-corrected chi connectivity index (χ4v) is 4.48. The van der Waals surface area contributed by atoms with Crippen LogP contribution in [0, 0.1) is 0 Å². The maximum absolute atomic E-state index is 12.5. The molecular weight excluding hydrogens is 414 g/mol. The number of carbonyl (C=O) groups excluding carboxylic acids is 2. The average Bonchev–Trinajstić information content (AvgIpc) is 3.38. The highest BCUT2D eigenvalue weighted by molar-refractivity contribution is 8.01. The lowest BCUT2D eigenvalue weighted by molar-refractivity contribution is -0.113. The number of hydrogen-bond acceptors (Lipinski definition) is 8. The summed E-state index contributed by atoms with van der Waals surface area (Å²) in [5.74, 6) is -0.232. The van der Waals surface area contributed by atoms with Gasteiger partial charge in [-0.15, -0.1) is 21.5 Å². The molecule has 2 amide bonds. The predicted octanol–water partition coefficient (Wildman–Crippen LogP) is 4.13. The van der Waals surface area contributed by atoms with E-state index in [-0.39, 0.29) is 17.6 Å². The van der Waals surface area contributed by atoms with Crippen LogP contribution in [-0.4, -0.2) is 32.7 Å². The molecule has 0 aliphatic heterocycles. The van der Waals surface area contributed by atoms with Crippen LogP contribution in [0.25, 0.3) is 10.8 Å². The van der Waals surface area contributed by atoms with E-state index in [1.165, 1.54) is 34.4 Å². The van der Waals surface area contributed by atoms with Gasteiger partial charge in [-0.1, -0.05) is 53.4 Å². The Morgan fingerprint density at radius 2 is 1.86 bits per heavy atom. The van der Waals surface area contributed by atoms with Crippen molar-refractivity contribution in [3.05, 3.63) is 59.6 Å². The minimum atomic E-state index is -0.250. The molecule has 7 nitrogen and oxygen atoms in total. The summed E-state index contributed by atoms with van der Waals surface area (Å²) >= 11 is 3.84. The number of rotatable bonds is 6. The highest BCUT2D eigenvalue weighted by Crippen LogP contribution is 2.26. The quantitative estimate of drug-likeness (QED) is 0.355. The largest absolute Gasteiger partial charge is 0.301 e. The maximum Gasteiger partial charge on any atom is 0.257 e. The minimum Gasteiger partial charge on any atom is -0.301 e. The Labute approximate surface area is 172 Å². The summed E-state index contributed by atoms with van der Waals surface area (Å²) in [5.41, 5.74) is 0.547.